The third kappa shape index (κ3) is 28.1. The van der Waals surface area contributed by atoms with Crippen LogP contribution in [0.1, 0.15) is 15.9 Å². The lowest BCUT2D eigenvalue weighted by atomic mass is 10.0. The zero-order chi connectivity index (χ0) is 51.6. The number of fused-ring (bicyclic) bond motifs is 1. The maximum atomic E-state index is 12.0. The van der Waals surface area contributed by atoms with Crippen LogP contribution in [0.25, 0.3) is 21.9 Å². The highest BCUT2D eigenvalue weighted by Gasteiger charge is 2.15. The van der Waals surface area contributed by atoms with E-state index in [1.165, 1.54) is 21.9 Å². The molecule has 8 rings (SSSR count). The van der Waals surface area contributed by atoms with Gasteiger partial charge in [-0.25, -0.2) is 8.42 Å². The fourth-order valence-corrected chi connectivity index (χ4v) is 6.38. The van der Waals surface area contributed by atoms with E-state index in [2.05, 4.69) is 97.1 Å². The van der Waals surface area contributed by atoms with E-state index in [1.54, 1.807) is 60.7 Å². The van der Waals surface area contributed by atoms with E-state index in [0.29, 0.717) is 9.79 Å². The maximum Gasteiger partial charge on any atom is 0.206 e. The summed E-state index contributed by atoms with van der Waals surface area (Å²) in [5, 5.41) is 58.6. The van der Waals surface area contributed by atoms with Crippen LogP contribution in [0, 0.1) is 0 Å². The van der Waals surface area contributed by atoms with Crippen LogP contribution in [-0.2, 0) is 9.84 Å². The number of ketones is 1. The number of hydrogen-bond donors (Lipinski definition) is 8. The van der Waals surface area contributed by atoms with Crippen LogP contribution in [0.5, 0.6) is 0 Å². The summed E-state index contributed by atoms with van der Waals surface area (Å²) in [6.45, 7) is 0. The van der Waals surface area contributed by atoms with Gasteiger partial charge in [0.2, 0.25) is 9.84 Å². The molecule has 362 valence electrons. The third-order valence-electron chi connectivity index (χ3n) is 7.72. The van der Waals surface area contributed by atoms with Crippen molar-refractivity contribution in [3.63, 3.8) is 0 Å². The summed E-state index contributed by atoms with van der Waals surface area (Å²) in [7, 11) is 4.66. The number of carbonyl (C=O) groups excluding carboxylic acids is 1. The molecule has 0 fully saturated rings. The standard InChI is InChI=1S/C13H10O.C12H10O2S.C12H10.C10H8.8CH4O/c14-13(11-7-3-1-4-8-11)12-9-5-2-6-10-12;13-15(14,11-7-3-1-4-8-11)12-9-5-2-6-10-12;1-3-7-11(8-4-1)12-9-5-2-6-10-12;1-2-6-10-8-4-3-7-9(10)5-1;8*1-2/h1-10H;1-10H;1-10H;1-8H;8*2H,1H3. The van der Waals surface area contributed by atoms with Gasteiger partial charge in [0.25, 0.3) is 0 Å². The largest absolute Gasteiger partial charge is 0.400 e. The number of carbonyl (C=O) groups is 1. The summed E-state index contributed by atoms with van der Waals surface area (Å²) in [6, 6.07) is 73.0. The average Bonchev–Trinajstić information content (AvgIpc) is 3.47. The van der Waals surface area contributed by atoms with Crippen molar-refractivity contribution in [3.05, 3.63) is 242 Å². The first-order valence-electron chi connectivity index (χ1n) is 20.1. The molecule has 0 radical (unpaired) electrons. The molecule has 0 aliphatic carbocycles. The normalized spacial score (nSPS) is 8.48. The summed E-state index contributed by atoms with van der Waals surface area (Å²) in [4.78, 5) is 12.5. The summed E-state index contributed by atoms with van der Waals surface area (Å²) in [6.07, 6.45) is 0. The monoisotopic (exact) mass is 938 g/mol. The molecule has 0 aliphatic rings. The fraction of sp³-hybridized carbons (Fsp3) is 0.145. The maximum absolute atomic E-state index is 12.0. The molecule has 0 heterocycles. The molecule has 12 heteroatoms. The predicted octanol–water partition coefficient (Wildman–Crippen LogP) is 8.50. The van der Waals surface area contributed by atoms with Gasteiger partial charge >= 0.3 is 0 Å². The molecule has 0 bridgehead atoms. The summed E-state index contributed by atoms with van der Waals surface area (Å²) >= 11 is 0. The van der Waals surface area contributed by atoms with Crippen molar-refractivity contribution >= 4 is 26.4 Å². The Bertz CT molecular complexity index is 2130. The molecule has 0 atom stereocenters. The summed E-state index contributed by atoms with van der Waals surface area (Å²) in [5.74, 6) is 0.0752. The van der Waals surface area contributed by atoms with Crippen LogP contribution in [0.4, 0.5) is 0 Å². The van der Waals surface area contributed by atoms with Crippen LogP contribution >= 0.6 is 0 Å². The Balaban J connectivity index is -0.000000360. The highest BCUT2D eigenvalue weighted by atomic mass is 32.2. The zero-order valence-corrected chi connectivity index (χ0v) is 40.5. The van der Waals surface area contributed by atoms with Gasteiger partial charge in [0.05, 0.1) is 9.79 Å². The van der Waals surface area contributed by atoms with Crippen molar-refractivity contribution < 1.29 is 54.1 Å². The predicted molar refractivity (Wildman–Crippen MR) is 276 cm³/mol. The first-order valence-corrected chi connectivity index (χ1v) is 21.6. The van der Waals surface area contributed by atoms with E-state index in [0.717, 1.165) is 68.0 Å². The van der Waals surface area contributed by atoms with Gasteiger partial charge in [-0.3, -0.25) is 4.79 Å². The van der Waals surface area contributed by atoms with Crippen molar-refractivity contribution in [2.45, 2.75) is 9.79 Å². The number of benzene rings is 8. The molecule has 0 amide bonds. The molecule has 0 spiro atoms. The van der Waals surface area contributed by atoms with Crippen LogP contribution < -0.4 is 0 Å². The van der Waals surface area contributed by atoms with Gasteiger partial charge in [-0.1, -0.05) is 206 Å². The first kappa shape index (κ1) is 66.9. The van der Waals surface area contributed by atoms with Gasteiger partial charge in [0.15, 0.2) is 5.78 Å². The van der Waals surface area contributed by atoms with Gasteiger partial charge in [0, 0.05) is 68.0 Å². The molecule has 0 aromatic heterocycles. The molecule has 8 aromatic rings. The van der Waals surface area contributed by atoms with Crippen LogP contribution in [-0.4, -0.2) is 112 Å². The number of aliphatic hydroxyl groups excluding tert-OH is 8. The van der Waals surface area contributed by atoms with Crippen molar-refractivity contribution in [3.8, 4) is 11.1 Å². The van der Waals surface area contributed by atoms with Crippen molar-refractivity contribution in [2.75, 3.05) is 56.9 Å². The molecule has 67 heavy (non-hydrogen) atoms. The topological polar surface area (TPSA) is 213 Å². The highest BCUT2D eigenvalue weighted by molar-refractivity contribution is 7.91. The third-order valence-corrected chi connectivity index (χ3v) is 9.50. The van der Waals surface area contributed by atoms with E-state index in [9.17, 15) is 13.2 Å². The van der Waals surface area contributed by atoms with E-state index >= 15 is 0 Å². The van der Waals surface area contributed by atoms with E-state index in [4.69, 9.17) is 40.9 Å². The van der Waals surface area contributed by atoms with E-state index in [1.807, 2.05) is 72.8 Å². The summed E-state index contributed by atoms with van der Waals surface area (Å²) < 4.78 is 24.1. The number of sulfone groups is 1. The lowest BCUT2D eigenvalue weighted by molar-refractivity contribution is 0.103. The Morgan fingerprint density at radius 3 is 0.672 bits per heavy atom. The smallest absolute Gasteiger partial charge is 0.206 e. The quantitative estimate of drug-likeness (QED) is 0.0767. The summed E-state index contributed by atoms with van der Waals surface area (Å²) in [5.41, 5.74) is 4.02. The van der Waals surface area contributed by atoms with Gasteiger partial charge in [-0.05, 0) is 46.2 Å². The van der Waals surface area contributed by atoms with Gasteiger partial charge in [-0.2, -0.15) is 0 Å². The van der Waals surface area contributed by atoms with E-state index in [-0.39, 0.29) is 5.78 Å². The lowest BCUT2D eigenvalue weighted by Crippen LogP contribution is -2.00. The molecule has 0 saturated heterocycles. The minimum Gasteiger partial charge on any atom is -0.400 e. The zero-order valence-electron chi connectivity index (χ0n) is 39.7. The Morgan fingerprint density at radius 2 is 0.448 bits per heavy atom. The Kier molecular flexibility index (Phi) is 48.7. The second-order valence-corrected chi connectivity index (χ2v) is 13.2. The lowest BCUT2D eigenvalue weighted by Gasteiger charge is -2.03. The second kappa shape index (κ2) is 48.8. The number of rotatable bonds is 5. The number of hydrogen-bond acceptors (Lipinski definition) is 11. The Morgan fingerprint density at radius 1 is 0.269 bits per heavy atom. The molecule has 11 nitrogen and oxygen atoms in total. The average molecular weight is 939 g/mol. The van der Waals surface area contributed by atoms with Gasteiger partial charge in [0.1, 0.15) is 0 Å². The highest BCUT2D eigenvalue weighted by Crippen LogP contribution is 2.20. The van der Waals surface area contributed by atoms with Crippen LogP contribution in [0.2, 0.25) is 0 Å². The van der Waals surface area contributed by atoms with Crippen molar-refractivity contribution in [2.24, 2.45) is 0 Å². The molecular weight excluding hydrogens is 869 g/mol. The molecular formula is C55H70O11S. The van der Waals surface area contributed by atoms with Crippen molar-refractivity contribution in [1.29, 1.82) is 0 Å². The van der Waals surface area contributed by atoms with Crippen LogP contribution in [0.15, 0.2) is 240 Å². The first-order chi connectivity index (χ1) is 33.0. The Hall–Kier alpha value is -6.68. The Labute approximate surface area is 398 Å². The van der Waals surface area contributed by atoms with Crippen molar-refractivity contribution in [1.82, 2.24) is 0 Å². The fourth-order valence-electron chi connectivity index (χ4n) is 5.08. The molecule has 8 aromatic carbocycles. The second-order valence-electron chi connectivity index (χ2n) is 11.3. The van der Waals surface area contributed by atoms with E-state index < -0.39 is 9.84 Å². The van der Waals surface area contributed by atoms with Crippen LogP contribution in [0.3, 0.4) is 0 Å². The minimum absolute atomic E-state index is 0.0752. The van der Waals surface area contributed by atoms with Gasteiger partial charge < -0.3 is 40.9 Å². The van der Waals surface area contributed by atoms with Gasteiger partial charge in [-0.15, -0.1) is 0 Å². The molecule has 8 N–H and O–H groups in total. The molecule has 0 aliphatic heterocycles. The SMILES string of the molecule is CO.CO.CO.CO.CO.CO.CO.CO.O=C(c1ccccc1)c1ccccc1.O=S(=O)(c1ccccc1)c1ccccc1.c1ccc(-c2ccccc2)cc1.c1ccc2ccccc2c1. The number of aliphatic hydroxyl groups is 8. The minimum atomic E-state index is -3.34. The molecule has 0 unspecified atom stereocenters. The molecule has 0 saturated carbocycles.